The molecule has 0 amide bonds. The van der Waals surface area contributed by atoms with E-state index in [-0.39, 0.29) is 12.5 Å². The zero-order valence-electron chi connectivity index (χ0n) is 11.7. The predicted octanol–water partition coefficient (Wildman–Crippen LogP) is 5.52. The summed E-state index contributed by atoms with van der Waals surface area (Å²) in [5.74, 6) is -4.33. The maximum absolute atomic E-state index is 12.8. The maximum Gasteiger partial charge on any atom is 0.426 e. The topological polar surface area (TPSA) is 9.23 Å². The van der Waals surface area contributed by atoms with Crippen LogP contribution in [0.5, 0.6) is 5.75 Å². The third-order valence-corrected chi connectivity index (χ3v) is 2.99. The van der Waals surface area contributed by atoms with Crippen molar-refractivity contribution in [3.8, 4) is 5.75 Å². The Hall–Kier alpha value is -1.61. The van der Waals surface area contributed by atoms with E-state index in [1.807, 2.05) is 0 Å². The summed E-state index contributed by atoms with van der Waals surface area (Å²) in [6.07, 6.45) is -19.3. The van der Waals surface area contributed by atoms with Crippen LogP contribution in [0.1, 0.15) is 18.1 Å². The Morgan fingerprint density at radius 1 is 0.870 bits per heavy atom. The third kappa shape index (κ3) is 4.93. The monoisotopic (exact) mass is 354 g/mol. The summed E-state index contributed by atoms with van der Waals surface area (Å²) in [7, 11) is 0. The van der Waals surface area contributed by atoms with Crippen LogP contribution >= 0.6 is 0 Å². The van der Waals surface area contributed by atoms with Gasteiger partial charge in [-0.05, 0) is 31.5 Å². The first kappa shape index (κ1) is 19.4. The second kappa shape index (κ2) is 6.12. The molecule has 1 aromatic carbocycles. The van der Waals surface area contributed by atoms with Gasteiger partial charge in [0.15, 0.2) is 0 Å². The fourth-order valence-electron chi connectivity index (χ4n) is 1.72. The highest BCUT2D eigenvalue weighted by molar-refractivity contribution is 5.39. The Kier molecular flexibility index (Phi) is 5.17. The lowest BCUT2D eigenvalue weighted by Gasteiger charge is -2.29. The smallest absolute Gasteiger partial charge is 0.426 e. The van der Waals surface area contributed by atoms with Crippen LogP contribution in [0.25, 0.3) is 0 Å². The summed E-state index contributed by atoms with van der Waals surface area (Å²) in [6, 6.07) is 2.03. The quantitative estimate of drug-likeness (QED) is 0.650. The van der Waals surface area contributed by atoms with E-state index in [1.165, 1.54) is 6.92 Å². The average Bonchev–Trinajstić information content (AvgIpc) is 2.31. The normalized spacial score (nSPS) is 16.1. The van der Waals surface area contributed by atoms with Gasteiger partial charge in [-0.3, -0.25) is 0 Å². The fraction of sp³-hybridized carbons (Fsp3) is 0.538. The Morgan fingerprint density at radius 2 is 1.39 bits per heavy atom. The molecule has 1 rings (SSSR count). The molecule has 1 nitrogen and oxygen atoms in total. The van der Waals surface area contributed by atoms with E-state index < -0.39 is 41.9 Å². The molecule has 2 unspecified atom stereocenters. The van der Waals surface area contributed by atoms with E-state index in [0.29, 0.717) is 12.1 Å². The SMILES string of the molecule is Cc1ccc(C(F)(F)F)c(OC(C(C)C(F)(F)F)C(F)(F)F)c1. The van der Waals surface area contributed by atoms with Gasteiger partial charge in [0.2, 0.25) is 6.10 Å². The zero-order valence-corrected chi connectivity index (χ0v) is 11.7. The minimum Gasteiger partial charge on any atom is -0.480 e. The molecule has 0 aliphatic carbocycles. The van der Waals surface area contributed by atoms with Crippen molar-refractivity contribution in [2.24, 2.45) is 5.92 Å². The molecule has 0 bridgehead atoms. The van der Waals surface area contributed by atoms with Crippen LogP contribution < -0.4 is 4.74 Å². The highest BCUT2D eigenvalue weighted by Crippen LogP contribution is 2.42. The van der Waals surface area contributed by atoms with Crippen molar-refractivity contribution in [1.82, 2.24) is 0 Å². The molecule has 0 aliphatic heterocycles. The largest absolute Gasteiger partial charge is 0.480 e. The second-order valence-electron chi connectivity index (χ2n) is 4.91. The number of benzene rings is 1. The average molecular weight is 354 g/mol. The Balaban J connectivity index is 3.32. The van der Waals surface area contributed by atoms with Gasteiger partial charge >= 0.3 is 18.5 Å². The lowest BCUT2D eigenvalue weighted by atomic mass is 10.0. The van der Waals surface area contributed by atoms with Crippen molar-refractivity contribution in [2.45, 2.75) is 38.5 Å². The van der Waals surface area contributed by atoms with Crippen molar-refractivity contribution < 1.29 is 44.3 Å². The molecule has 2 atom stereocenters. The number of halogens is 9. The summed E-state index contributed by atoms with van der Waals surface area (Å²) in [5, 5.41) is 0. The van der Waals surface area contributed by atoms with Crippen LogP contribution in [0.15, 0.2) is 18.2 Å². The van der Waals surface area contributed by atoms with E-state index in [2.05, 4.69) is 4.74 Å². The van der Waals surface area contributed by atoms with Crippen molar-refractivity contribution >= 4 is 0 Å². The first-order valence-electron chi connectivity index (χ1n) is 6.12. The molecule has 132 valence electrons. The Labute approximate surface area is 125 Å². The van der Waals surface area contributed by atoms with Crippen LogP contribution in [-0.2, 0) is 6.18 Å². The van der Waals surface area contributed by atoms with Crippen molar-refractivity contribution in [3.63, 3.8) is 0 Å². The van der Waals surface area contributed by atoms with Gasteiger partial charge in [-0.15, -0.1) is 0 Å². The van der Waals surface area contributed by atoms with Gasteiger partial charge in [-0.25, -0.2) is 0 Å². The Morgan fingerprint density at radius 3 is 1.78 bits per heavy atom. The number of ether oxygens (including phenoxy) is 1. The minimum atomic E-state index is -5.50. The number of rotatable bonds is 3. The predicted molar refractivity (Wildman–Crippen MR) is 61.9 cm³/mol. The fourth-order valence-corrected chi connectivity index (χ4v) is 1.72. The summed E-state index contributed by atoms with van der Waals surface area (Å²) < 4.78 is 119. The van der Waals surface area contributed by atoms with Gasteiger partial charge < -0.3 is 4.74 Å². The molecule has 0 saturated carbocycles. The van der Waals surface area contributed by atoms with E-state index in [1.54, 1.807) is 0 Å². The van der Waals surface area contributed by atoms with E-state index >= 15 is 0 Å². The van der Waals surface area contributed by atoms with Crippen molar-refractivity contribution in [3.05, 3.63) is 29.3 Å². The lowest BCUT2D eigenvalue weighted by Crippen LogP contribution is -2.46. The van der Waals surface area contributed by atoms with Crippen LogP contribution in [0, 0.1) is 12.8 Å². The second-order valence-corrected chi connectivity index (χ2v) is 4.91. The summed E-state index contributed by atoms with van der Waals surface area (Å²) in [6.45, 7) is 1.46. The molecular weight excluding hydrogens is 343 g/mol. The molecule has 0 fully saturated rings. The van der Waals surface area contributed by atoms with Crippen LogP contribution in [0.2, 0.25) is 0 Å². The molecule has 0 N–H and O–H groups in total. The van der Waals surface area contributed by atoms with Crippen molar-refractivity contribution in [2.75, 3.05) is 0 Å². The molecule has 0 heterocycles. The summed E-state index contributed by atoms with van der Waals surface area (Å²) in [4.78, 5) is 0. The molecule has 0 aliphatic rings. The van der Waals surface area contributed by atoms with E-state index in [0.717, 1.165) is 6.07 Å². The molecule has 0 saturated heterocycles. The highest BCUT2D eigenvalue weighted by Gasteiger charge is 2.55. The number of hydrogen-bond donors (Lipinski definition) is 0. The van der Waals surface area contributed by atoms with Gasteiger partial charge in [-0.2, -0.15) is 39.5 Å². The molecule has 0 aromatic heterocycles. The molecule has 10 heteroatoms. The van der Waals surface area contributed by atoms with Crippen LogP contribution in [0.4, 0.5) is 39.5 Å². The molecule has 0 radical (unpaired) electrons. The zero-order chi connectivity index (χ0) is 18.2. The summed E-state index contributed by atoms with van der Waals surface area (Å²) in [5.41, 5.74) is -1.47. The molecule has 1 aromatic rings. The van der Waals surface area contributed by atoms with Gasteiger partial charge in [0, 0.05) is 0 Å². The van der Waals surface area contributed by atoms with E-state index in [4.69, 9.17) is 0 Å². The highest BCUT2D eigenvalue weighted by atomic mass is 19.4. The molecule has 0 spiro atoms. The standard InChI is InChI=1S/C13H11F9O/c1-6-3-4-8(12(17,18)19)9(5-6)23-10(13(20,21)22)7(2)11(14,15)16/h3-5,7,10H,1-2H3. The molecular formula is C13H11F9O. The number of alkyl halides is 9. The number of aryl methyl sites for hydroxylation is 1. The van der Waals surface area contributed by atoms with Crippen LogP contribution in [-0.4, -0.2) is 18.5 Å². The number of hydrogen-bond acceptors (Lipinski definition) is 1. The molecule has 23 heavy (non-hydrogen) atoms. The van der Waals surface area contributed by atoms with Crippen LogP contribution in [0.3, 0.4) is 0 Å². The Bertz CT molecular complexity index is 542. The lowest BCUT2D eigenvalue weighted by molar-refractivity contribution is -0.264. The van der Waals surface area contributed by atoms with Crippen molar-refractivity contribution in [1.29, 1.82) is 0 Å². The first-order chi connectivity index (χ1) is 10.1. The first-order valence-corrected chi connectivity index (χ1v) is 6.12. The van der Waals surface area contributed by atoms with Gasteiger partial charge in [0.25, 0.3) is 0 Å². The summed E-state index contributed by atoms with van der Waals surface area (Å²) >= 11 is 0. The third-order valence-electron chi connectivity index (χ3n) is 2.99. The van der Waals surface area contributed by atoms with E-state index in [9.17, 15) is 39.5 Å². The van der Waals surface area contributed by atoms with Gasteiger partial charge in [0.05, 0.1) is 11.5 Å². The minimum absolute atomic E-state index is 0.105. The maximum atomic E-state index is 12.8. The van der Waals surface area contributed by atoms with Gasteiger partial charge in [-0.1, -0.05) is 6.07 Å². The van der Waals surface area contributed by atoms with Gasteiger partial charge in [0.1, 0.15) is 5.75 Å².